The van der Waals surface area contributed by atoms with Crippen LogP contribution in [0.3, 0.4) is 0 Å². The molecule has 0 bridgehead atoms. The van der Waals surface area contributed by atoms with Gasteiger partial charge in [-0.1, -0.05) is 33.1 Å². The lowest BCUT2D eigenvalue weighted by atomic mass is 10.0. The molecule has 1 heterocycles. The van der Waals surface area contributed by atoms with Crippen LogP contribution in [-0.4, -0.2) is 10.5 Å². The Morgan fingerprint density at radius 3 is 2.40 bits per heavy atom. The van der Waals surface area contributed by atoms with Crippen molar-refractivity contribution in [2.24, 2.45) is 5.73 Å². The van der Waals surface area contributed by atoms with Crippen LogP contribution in [0.15, 0.2) is 10.9 Å². The highest BCUT2D eigenvalue weighted by Gasteiger charge is 2.17. The van der Waals surface area contributed by atoms with E-state index in [1.54, 1.807) is 0 Å². The predicted molar refractivity (Wildman–Crippen MR) is 82.1 cm³/mol. The molecular weight excluding hydrogens is 252 g/mol. The maximum absolute atomic E-state index is 12.0. The Hall–Kier alpha value is -1.58. The average molecular weight is 278 g/mol. The van der Waals surface area contributed by atoms with E-state index in [1.807, 2.05) is 6.92 Å². The lowest BCUT2D eigenvalue weighted by Crippen LogP contribution is -2.28. The van der Waals surface area contributed by atoms with Crippen LogP contribution in [0.2, 0.25) is 0 Å². The first kappa shape index (κ1) is 16.5. The van der Waals surface area contributed by atoms with Crippen molar-refractivity contribution in [1.82, 2.24) is 4.57 Å². The third-order valence-electron chi connectivity index (χ3n) is 3.63. The first-order valence-electron chi connectivity index (χ1n) is 7.56. The number of aryl methyl sites for hydroxylation is 1. The summed E-state index contributed by atoms with van der Waals surface area (Å²) in [6.07, 6.45) is 6.03. The number of hydrogen-bond donors (Lipinski definition) is 1. The van der Waals surface area contributed by atoms with Gasteiger partial charge in [0, 0.05) is 24.0 Å². The van der Waals surface area contributed by atoms with Crippen molar-refractivity contribution >= 4 is 5.91 Å². The van der Waals surface area contributed by atoms with Crippen molar-refractivity contribution in [1.29, 1.82) is 0 Å². The minimum Gasteiger partial charge on any atom is -0.365 e. The number of primary amides is 1. The second kappa shape index (κ2) is 7.88. The number of nitrogens with two attached hydrogens (primary N) is 1. The molecule has 0 saturated carbocycles. The van der Waals surface area contributed by atoms with E-state index in [-0.39, 0.29) is 11.0 Å². The molecule has 1 aromatic heterocycles. The molecule has 0 aliphatic heterocycles. The summed E-state index contributed by atoms with van der Waals surface area (Å²) in [5, 5.41) is 0. The van der Waals surface area contributed by atoms with Gasteiger partial charge in [-0.15, -0.1) is 0 Å². The van der Waals surface area contributed by atoms with Crippen molar-refractivity contribution in [3.8, 4) is 0 Å². The number of rotatable bonds is 8. The van der Waals surface area contributed by atoms with Crippen LogP contribution in [0.1, 0.15) is 67.7 Å². The van der Waals surface area contributed by atoms with Crippen LogP contribution in [-0.2, 0) is 13.0 Å². The van der Waals surface area contributed by atoms with Gasteiger partial charge in [0.1, 0.15) is 5.56 Å². The zero-order chi connectivity index (χ0) is 15.1. The highest BCUT2D eigenvalue weighted by atomic mass is 16.2. The van der Waals surface area contributed by atoms with Crippen molar-refractivity contribution < 1.29 is 4.79 Å². The first-order chi connectivity index (χ1) is 9.52. The van der Waals surface area contributed by atoms with Gasteiger partial charge in [0.2, 0.25) is 0 Å². The standard InChI is InChI=1S/C16H26N2O2/c1-4-6-8-9-13-15(16(17)20)14(19)11-12(3)18(13)10-7-5-2/h11H,4-10H2,1-3H3,(H2,17,20). The Morgan fingerprint density at radius 1 is 1.20 bits per heavy atom. The van der Waals surface area contributed by atoms with Gasteiger partial charge in [-0.2, -0.15) is 0 Å². The van der Waals surface area contributed by atoms with Crippen LogP contribution >= 0.6 is 0 Å². The molecule has 0 aromatic carbocycles. The highest BCUT2D eigenvalue weighted by molar-refractivity contribution is 5.93. The van der Waals surface area contributed by atoms with E-state index in [4.69, 9.17) is 5.73 Å². The van der Waals surface area contributed by atoms with E-state index in [1.165, 1.54) is 6.07 Å². The Kier molecular flexibility index (Phi) is 6.49. The van der Waals surface area contributed by atoms with Gasteiger partial charge < -0.3 is 10.3 Å². The number of nitrogens with zero attached hydrogens (tertiary/aromatic N) is 1. The topological polar surface area (TPSA) is 65.1 Å². The van der Waals surface area contributed by atoms with E-state index < -0.39 is 5.91 Å². The molecule has 0 aliphatic carbocycles. The molecule has 0 radical (unpaired) electrons. The van der Waals surface area contributed by atoms with Gasteiger partial charge in [-0.3, -0.25) is 9.59 Å². The maximum Gasteiger partial charge on any atom is 0.254 e. The number of amides is 1. The van der Waals surface area contributed by atoms with Crippen LogP contribution in [0.4, 0.5) is 0 Å². The lowest BCUT2D eigenvalue weighted by Gasteiger charge is -2.19. The highest BCUT2D eigenvalue weighted by Crippen LogP contribution is 2.14. The Bertz CT molecular complexity index is 518. The molecule has 1 amide bonds. The summed E-state index contributed by atoms with van der Waals surface area (Å²) in [7, 11) is 0. The Morgan fingerprint density at radius 2 is 1.85 bits per heavy atom. The Balaban J connectivity index is 3.27. The lowest BCUT2D eigenvalue weighted by molar-refractivity contribution is 0.0997. The zero-order valence-electron chi connectivity index (χ0n) is 12.9. The van der Waals surface area contributed by atoms with Crippen LogP contribution < -0.4 is 11.2 Å². The molecule has 4 heteroatoms. The molecular formula is C16H26N2O2. The summed E-state index contributed by atoms with van der Waals surface area (Å²) in [6.45, 7) is 7.02. The summed E-state index contributed by atoms with van der Waals surface area (Å²) in [6, 6.07) is 1.53. The monoisotopic (exact) mass is 278 g/mol. The summed E-state index contributed by atoms with van der Waals surface area (Å²) in [4.78, 5) is 23.7. The smallest absolute Gasteiger partial charge is 0.254 e. The minimum atomic E-state index is -0.605. The molecule has 112 valence electrons. The van der Waals surface area contributed by atoms with E-state index in [0.717, 1.165) is 56.5 Å². The largest absolute Gasteiger partial charge is 0.365 e. The number of carbonyl (C=O) groups excluding carboxylic acids is 1. The fourth-order valence-corrected chi connectivity index (χ4v) is 2.52. The van der Waals surface area contributed by atoms with Gasteiger partial charge in [-0.05, 0) is 26.2 Å². The first-order valence-corrected chi connectivity index (χ1v) is 7.56. The van der Waals surface area contributed by atoms with Gasteiger partial charge >= 0.3 is 0 Å². The molecule has 1 rings (SSSR count). The van der Waals surface area contributed by atoms with Crippen LogP contribution in [0.25, 0.3) is 0 Å². The van der Waals surface area contributed by atoms with Crippen molar-refractivity contribution in [2.75, 3.05) is 0 Å². The quantitative estimate of drug-likeness (QED) is 0.743. The molecule has 1 aromatic rings. The van der Waals surface area contributed by atoms with E-state index >= 15 is 0 Å². The van der Waals surface area contributed by atoms with E-state index in [2.05, 4.69) is 18.4 Å². The van der Waals surface area contributed by atoms with Crippen molar-refractivity contribution in [2.45, 2.75) is 65.8 Å². The summed E-state index contributed by atoms with van der Waals surface area (Å²) < 4.78 is 2.10. The van der Waals surface area contributed by atoms with Crippen LogP contribution in [0, 0.1) is 6.92 Å². The zero-order valence-corrected chi connectivity index (χ0v) is 12.9. The fourth-order valence-electron chi connectivity index (χ4n) is 2.52. The van der Waals surface area contributed by atoms with Gasteiger partial charge in [0.25, 0.3) is 5.91 Å². The summed E-state index contributed by atoms with van der Waals surface area (Å²) in [5.74, 6) is -0.605. The molecule has 2 N–H and O–H groups in total. The van der Waals surface area contributed by atoms with Gasteiger partial charge in [0.15, 0.2) is 5.43 Å². The minimum absolute atomic E-state index is 0.183. The molecule has 0 saturated heterocycles. The third-order valence-corrected chi connectivity index (χ3v) is 3.63. The molecule has 0 fully saturated rings. The van der Waals surface area contributed by atoms with Gasteiger partial charge in [-0.25, -0.2) is 0 Å². The van der Waals surface area contributed by atoms with Crippen molar-refractivity contribution in [3.63, 3.8) is 0 Å². The molecule has 4 nitrogen and oxygen atoms in total. The summed E-state index contributed by atoms with van der Waals surface area (Å²) in [5.41, 5.74) is 7.10. The van der Waals surface area contributed by atoms with E-state index in [9.17, 15) is 9.59 Å². The molecule has 0 unspecified atom stereocenters. The number of pyridine rings is 1. The maximum atomic E-state index is 12.0. The molecule has 0 atom stereocenters. The average Bonchev–Trinajstić information content (AvgIpc) is 2.37. The number of hydrogen-bond acceptors (Lipinski definition) is 2. The fraction of sp³-hybridized carbons (Fsp3) is 0.625. The van der Waals surface area contributed by atoms with Crippen molar-refractivity contribution in [3.05, 3.63) is 33.2 Å². The number of aromatic nitrogens is 1. The third kappa shape index (κ3) is 3.95. The second-order valence-corrected chi connectivity index (χ2v) is 5.30. The SMILES string of the molecule is CCCCCc1c(C(N)=O)c(=O)cc(C)n1CCCC. The van der Waals surface area contributed by atoms with E-state index in [0.29, 0.717) is 0 Å². The van der Waals surface area contributed by atoms with Crippen LogP contribution in [0.5, 0.6) is 0 Å². The molecule has 0 spiro atoms. The number of unbranched alkanes of at least 4 members (excludes halogenated alkanes) is 3. The molecule has 0 aliphatic rings. The Labute approximate surface area is 121 Å². The second-order valence-electron chi connectivity index (χ2n) is 5.30. The predicted octanol–water partition coefficient (Wildman–Crippen LogP) is 2.79. The molecule has 20 heavy (non-hydrogen) atoms. The van der Waals surface area contributed by atoms with Gasteiger partial charge in [0.05, 0.1) is 0 Å². The number of carbonyl (C=O) groups is 1. The normalized spacial score (nSPS) is 10.8. The summed E-state index contributed by atoms with van der Waals surface area (Å²) >= 11 is 0.